The zero-order valence-corrected chi connectivity index (χ0v) is 9.55. The van der Waals surface area contributed by atoms with Crippen molar-refractivity contribution in [1.82, 2.24) is 0 Å². The van der Waals surface area contributed by atoms with E-state index in [9.17, 15) is 0 Å². The van der Waals surface area contributed by atoms with Crippen LogP contribution in [0, 0.1) is 6.92 Å². The molecular weight excluding hydrogens is 211 g/mol. The second-order valence-electron chi connectivity index (χ2n) is 3.25. The van der Waals surface area contributed by atoms with E-state index >= 15 is 0 Å². The molecule has 0 amide bonds. The van der Waals surface area contributed by atoms with Crippen LogP contribution in [0.1, 0.15) is 19.4 Å². The van der Waals surface area contributed by atoms with Crippen molar-refractivity contribution in [3.63, 3.8) is 0 Å². The van der Waals surface area contributed by atoms with Gasteiger partial charge < -0.3 is 6.92 Å². The Morgan fingerprint density at radius 1 is 1.09 bits per heavy atom. The third-order valence-corrected chi connectivity index (χ3v) is 1.56. The minimum Gasteiger partial charge on any atom is -0.333 e. The van der Waals surface area contributed by atoms with Crippen LogP contribution in [0.3, 0.4) is 0 Å². The van der Waals surface area contributed by atoms with E-state index < -0.39 is 0 Å². The van der Waals surface area contributed by atoms with Crippen molar-refractivity contribution in [3.05, 3.63) is 42.8 Å². The van der Waals surface area contributed by atoms with Gasteiger partial charge in [0.2, 0.25) is 0 Å². The summed E-state index contributed by atoms with van der Waals surface area (Å²) in [6, 6.07) is 10.3. The molecule has 58 valence electrons. The molecule has 1 aromatic carbocycles. The van der Waals surface area contributed by atoms with Gasteiger partial charge in [0.15, 0.2) is 0 Å². The smallest absolute Gasteiger partial charge is 0 e. The normalized spacial score (nSPS) is 10.5. The van der Waals surface area contributed by atoms with E-state index in [-0.39, 0.29) is 31.6 Å². The molecule has 1 rings (SSSR count). The summed E-state index contributed by atoms with van der Waals surface area (Å²) < 4.78 is 0. The molecule has 0 spiro atoms. The molecule has 0 fully saturated rings. The van der Waals surface area contributed by atoms with Crippen molar-refractivity contribution >= 4 is 0 Å². The van der Waals surface area contributed by atoms with Gasteiger partial charge in [-0.05, 0) is 0 Å². The largest absolute Gasteiger partial charge is 0.333 e. The average Bonchev–Trinajstić information content (AvgIpc) is 1.88. The minimum atomic E-state index is 0. The Bertz CT molecular complexity index is 196. The summed E-state index contributed by atoms with van der Waals surface area (Å²) >= 11 is 0. The van der Waals surface area contributed by atoms with Crippen LogP contribution < -0.4 is 0 Å². The van der Waals surface area contributed by atoms with E-state index in [0.29, 0.717) is 0 Å². The van der Waals surface area contributed by atoms with Crippen molar-refractivity contribution in [2.24, 2.45) is 0 Å². The van der Waals surface area contributed by atoms with Crippen molar-refractivity contribution < 1.29 is 26.2 Å². The van der Waals surface area contributed by atoms with Crippen molar-refractivity contribution in [3.8, 4) is 0 Å². The van der Waals surface area contributed by atoms with Crippen LogP contribution in [0.15, 0.2) is 30.3 Å². The summed E-state index contributed by atoms with van der Waals surface area (Å²) in [6.07, 6.45) is 0. The maximum atomic E-state index is 4.04. The average molecular weight is 224 g/mol. The molecule has 0 aliphatic heterocycles. The fourth-order valence-electron chi connectivity index (χ4n) is 0.889. The van der Waals surface area contributed by atoms with E-state index in [0.717, 1.165) is 0 Å². The molecule has 0 nitrogen and oxygen atoms in total. The maximum absolute atomic E-state index is 4.04. The number of benzene rings is 1. The molecule has 0 saturated carbocycles. The zero-order valence-electron chi connectivity index (χ0n) is 7.09. The van der Waals surface area contributed by atoms with Crippen LogP contribution in [0.2, 0.25) is 0 Å². The van der Waals surface area contributed by atoms with Gasteiger partial charge in [0.05, 0.1) is 0 Å². The predicted molar refractivity (Wildman–Crippen MR) is 44.8 cm³/mol. The Morgan fingerprint density at radius 2 is 1.55 bits per heavy atom. The van der Waals surface area contributed by atoms with Crippen LogP contribution in [0.25, 0.3) is 0 Å². The summed E-state index contributed by atoms with van der Waals surface area (Å²) in [7, 11) is 0. The Hall–Kier alpha value is 0.103. The zero-order chi connectivity index (χ0) is 7.61. The standard InChI is InChI=1S/C10H13.Zr/c1-10(2,3)9-7-5-4-6-8-9;/h4-8H,1H2,2-3H3;/q-1;. The summed E-state index contributed by atoms with van der Waals surface area (Å²) in [6.45, 7) is 8.27. The molecule has 0 radical (unpaired) electrons. The van der Waals surface area contributed by atoms with Gasteiger partial charge in [0.25, 0.3) is 0 Å². The van der Waals surface area contributed by atoms with Crippen molar-refractivity contribution in [1.29, 1.82) is 0 Å². The van der Waals surface area contributed by atoms with Crippen LogP contribution >= 0.6 is 0 Å². The first-order valence-corrected chi connectivity index (χ1v) is 3.51. The summed E-state index contributed by atoms with van der Waals surface area (Å²) in [5.41, 5.74) is 1.33. The summed E-state index contributed by atoms with van der Waals surface area (Å²) in [5.74, 6) is 0. The molecule has 0 aliphatic rings. The topological polar surface area (TPSA) is 0 Å². The Morgan fingerprint density at radius 3 is 1.82 bits per heavy atom. The van der Waals surface area contributed by atoms with E-state index in [1.54, 1.807) is 0 Å². The fraction of sp³-hybridized carbons (Fsp3) is 0.300. The molecular formula is C10H13Zr-. The molecule has 1 heteroatoms. The fourth-order valence-corrected chi connectivity index (χ4v) is 0.889. The SMILES string of the molecule is [CH2-]C(C)(C)c1ccccc1.[Zr]. The van der Waals surface area contributed by atoms with Gasteiger partial charge in [0.1, 0.15) is 0 Å². The number of hydrogen-bond donors (Lipinski definition) is 0. The molecule has 0 heterocycles. The van der Waals surface area contributed by atoms with Crippen LogP contribution in [0.4, 0.5) is 0 Å². The second kappa shape index (κ2) is 4.21. The van der Waals surface area contributed by atoms with Gasteiger partial charge in [-0.25, -0.2) is 0 Å². The molecule has 0 N–H and O–H groups in total. The first-order chi connectivity index (χ1) is 4.61. The van der Waals surface area contributed by atoms with Gasteiger partial charge >= 0.3 is 0 Å². The van der Waals surface area contributed by atoms with E-state index in [1.807, 2.05) is 18.2 Å². The Balaban J connectivity index is 0.000001000. The number of rotatable bonds is 1. The second-order valence-corrected chi connectivity index (χ2v) is 3.25. The van der Waals surface area contributed by atoms with Crippen LogP contribution in [-0.2, 0) is 31.6 Å². The minimum absolute atomic E-state index is 0. The maximum Gasteiger partial charge on any atom is 0 e. The van der Waals surface area contributed by atoms with Crippen molar-refractivity contribution in [2.45, 2.75) is 19.3 Å². The first kappa shape index (κ1) is 11.1. The third-order valence-electron chi connectivity index (χ3n) is 1.56. The van der Waals surface area contributed by atoms with E-state index in [2.05, 4.69) is 32.9 Å². The van der Waals surface area contributed by atoms with Crippen molar-refractivity contribution in [2.75, 3.05) is 0 Å². The quantitative estimate of drug-likeness (QED) is 0.644. The van der Waals surface area contributed by atoms with Gasteiger partial charge in [-0.2, -0.15) is 0 Å². The molecule has 0 saturated heterocycles. The number of hydrogen-bond acceptors (Lipinski definition) is 0. The van der Waals surface area contributed by atoms with Gasteiger partial charge in [-0.15, -0.1) is 5.41 Å². The molecule has 0 unspecified atom stereocenters. The summed E-state index contributed by atoms with van der Waals surface area (Å²) in [5, 5.41) is 0. The molecule has 1 aromatic rings. The van der Waals surface area contributed by atoms with Gasteiger partial charge in [-0.3, -0.25) is 0 Å². The molecule has 0 aliphatic carbocycles. The molecule has 11 heavy (non-hydrogen) atoms. The Kier molecular flexibility index (Phi) is 4.25. The molecule has 0 atom stereocenters. The van der Waals surface area contributed by atoms with Gasteiger partial charge in [-0.1, -0.05) is 49.7 Å². The first-order valence-electron chi connectivity index (χ1n) is 3.51. The Labute approximate surface area is 88.1 Å². The van der Waals surface area contributed by atoms with Gasteiger partial charge in [0, 0.05) is 26.2 Å². The predicted octanol–water partition coefficient (Wildman–Crippen LogP) is 2.80. The van der Waals surface area contributed by atoms with E-state index in [1.165, 1.54) is 5.56 Å². The van der Waals surface area contributed by atoms with Crippen LogP contribution in [-0.4, -0.2) is 0 Å². The third kappa shape index (κ3) is 3.34. The monoisotopic (exact) mass is 223 g/mol. The molecule has 0 aromatic heterocycles. The van der Waals surface area contributed by atoms with E-state index in [4.69, 9.17) is 0 Å². The molecule has 0 bridgehead atoms. The summed E-state index contributed by atoms with van der Waals surface area (Å²) in [4.78, 5) is 0. The van der Waals surface area contributed by atoms with Crippen LogP contribution in [0.5, 0.6) is 0 Å².